The summed E-state index contributed by atoms with van der Waals surface area (Å²) in [6.45, 7) is 0. The standard InChI is InChI=1S/C8H10N4/c1-12-7-5-3-2-4-6(7)8(10-9)11-12/h2-5H,9H2,1H3,(H,10,11). The van der Waals surface area contributed by atoms with Crippen molar-refractivity contribution in [1.29, 1.82) is 0 Å². The van der Waals surface area contributed by atoms with Crippen molar-refractivity contribution in [3.05, 3.63) is 24.3 Å². The molecule has 0 aliphatic carbocycles. The summed E-state index contributed by atoms with van der Waals surface area (Å²) < 4.78 is 1.80. The summed E-state index contributed by atoms with van der Waals surface area (Å²) in [5, 5.41) is 5.23. The monoisotopic (exact) mass is 162 g/mol. The lowest BCUT2D eigenvalue weighted by Crippen LogP contribution is -2.07. The number of para-hydroxylation sites is 1. The molecule has 0 bridgehead atoms. The molecule has 0 unspecified atom stereocenters. The fourth-order valence-electron chi connectivity index (χ4n) is 1.32. The van der Waals surface area contributed by atoms with Gasteiger partial charge in [0.1, 0.15) is 0 Å². The first kappa shape index (κ1) is 7.12. The zero-order valence-corrected chi connectivity index (χ0v) is 6.78. The molecule has 0 amide bonds. The topological polar surface area (TPSA) is 55.9 Å². The number of nitrogens with two attached hydrogens (primary N) is 1. The van der Waals surface area contributed by atoms with Gasteiger partial charge in [0.2, 0.25) is 0 Å². The Morgan fingerprint density at radius 1 is 1.42 bits per heavy atom. The molecule has 0 spiro atoms. The molecule has 0 radical (unpaired) electrons. The summed E-state index contributed by atoms with van der Waals surface area (Å²) in [5.41, 5.74) is 3.63. The Labute approximate surface area is 69.9 Å². The van der Waals surface area contributed by atoms with E-state index in [4.69, 9.17) is 5.84 Å². The smallest absolute Gasteiger partial charge is 0.169 e. The third kappa shape index (κ3) is 0.853. The van der Waals surface area contributed by atoms with Gasteiger partial charge in [0.25, 0.3) is 0 Å². The molecule has 62 valence electrons. The lowest BCUT2D eigenvalue weighted by atomic mass is 10.2. The van der Waals surface area contributed by atoms with Gasteiger partial charge in [-0.25, -0.2) is 5.84 Å². The van der Waals surface area contributed by atoms with Gasteiger partial charge in [-0.2, -0.15) is 5.10 Å². The molecule has 2 rings (SSSR count). The number of hydrogen-bond acceptors (Lipinski definition) is 3. The molecule has 0 atom stereocenters. The Morgan fingerprint density at radius 2 is 2.17 bits per heavy atom. The molecule has 1 aromatic heterocycles. The largest absolute Gasteiger partial charge is 0.306 e. The first-order valence-corrected chi connectivity index (χ1v) is 3.71. The first-order valence-electron chi connectivity index (χ1n) is 3.71. The maximum Gasteiger partial charge on any atom is 0.169 e. The number of hydrogen-bond donors (Lipinski definition) is 2. The number of nitrogens with zero attached hydrogens (tertiary/aromatic N) is 2. The van der Waals surface area contributed by atoms with Crippen LogP contribution in [0.5, 0.6) is 0 Å². The van der Waals surface area contributed by atoms with Crippen molar-refractivity contribution in [3.8, 4) is 0 Å². The van der Waals surface area contributed by atoms with Crippen LogP contribution in [0.3, 0.4) is 0 Å². The summed E-state index contributed by atoms with van der Waals surface area (Å²) in [7, 11) is 1.89. The molecule has 2 aromatic rings. The minimum atomic E-state index is 0.716. The van der Waals surface area contributed by atoms with Gasteiger partial charge in [0.05, 0.1) is 5.52 Å². The molecule has 0 aliphatic rings. The van der Waals surface area contributed by atoms with Crippen LogP contribution >= 0.6 is 0 Å². The molecule has 3 N–H and O–H groups in total. The average molecular weight is 162 g/mol. The number of anilines is 1. The predicted octanol–water partition coefficient (Wildman–Crippen LogP) is 0.859. The number of aromatic nitrogens is 2. The zero-order chi connectivity index (χ0) is 8.55. The summed E-state index contributed by atoms with van der Waals surface area (Å²) in [4.78, 5) is 0. The highest BCUT2D eigenvalue weighted by atomic mass is 15.4. The van der Waals surface area contributed by atoms with E-state index < -0.39 is 0 Å². The van der Waals surface area contributed by atoms with E-state index in [-0.39, 0.29) is 0 Å². The summed E-state index contributed by atoms with van der Waals surface area (Å²) in [6.07, 6.45) is 0. The lowest BCUT2D eigenvalue weighted by molar-refractivity contribution is 0.798. The number of benzene rings is 1. The van der Waals surface area contributed by atoms with Gasteiger partial charge in [-0.3, -0.25) is 4.68 Å². The normalized spacial score (nSPS) is 10.5. The number of nitrogen functional groups attached to an aromatic ring is 1. The van der Waals surface area contributed by atoms with Crippen LogP contribution < -0.4 is 11.3 Å². The highest BCUT2D eigenvalue weighted by Gasteiger charge is 2.04. The van der Waals surface area contributed by atoms with E-state index in [0.717, 1.165) is 10.9 Å². The molecule has 12 heavy (non-hydrogen) atoms. The van der Waals surface area contributed by atoms with Crippen LogP contribution in [0.2, 0.25) is 0 Å². The Morgan fingerprint density at radius 3 is 2.92 bits per heavy atom. The molecule has 0 saturated heterocycles. The second-order valence-electron chi connectivity index (χ2n) is 2.63. The van der Waals surface area contributed by atoms with Crippen LogP contribution in [-0.4, -0.2) is 9.78 Å². The molecule has 0 saturated carbocycles. The maximum atomic E-state index is 5.30. The van der Waals surface area contributed by atoms with Crippen molar-refractivity contribution in [2.45, 2.75) is 0 Å². The van der Waals surface area contributed by atoms with Crippen LogP contribution in [0.25, 0.3) is 10.9 Å². The van der Waals surface area contributed by atoms with Gasteiger partial charge in [-0.1, -0.05) is 12.1 Å². The van der Waals surface area contributed by atoms with Gasteiger partial charge in [-0.05, 0) is 12.1 Å². The first-order chi connectivity index (χ1) is 5.83. The third-order valence-corrected chi connectivity index (χ3v) is 1.89. The maximum absolute atomic E-state index is 5.30. The predicted molar refractivity (Wildman–Crippen MR) is 48.5 cm³/mol. The van der Waals surface area contributed by atoms with Gasteiger partial charge in [-0.15, -0.1) is 0 Å². The van der Waals surface area contributed by atoms with E-state index in [1.54, 1.807) is 4.68 Å². The van der Waals surface area contributed by atoms with Crippen molar-refractivity contribution in [2.75, 3.05) is 5.43 Å². The van der Waals surface area contributed by atoms with Crippen molar-refractivity contribution in [2.24, 2.45) is 12.9 Å². The molecular formula is C8H10N4. The lowest BCUT2D eigenvalue weighted by Gasteiger charge is -1.91. The highest BCUT2D eigenvalue weighted by Crippen LogP contribution is 2.20. The fourth-order valence-corrected chi connectivity index (χ4v) is 1.32. The number of hydrazine groups is 1. The zero-order valence-electron chi connectivity index (χ0n) is 6.78. The van der Waals surface area contributed by atoms with Gasteiger partial charge < -0.3 is 5.43 Å². The highest BCUT2D eigenvalue weighted by molar-refractivity contribution is 5.89. The van der Waals surface area contributed by atoms with Crippen LogP contribution in [0, 0.1) is 0 Å². The van der Waals surface area contributed by atoms with Crippen LogP contribution in [-0.2, 0) is 7.05 Å². The Kier molecular flexibility index (Phi) is 1.48. The van der Waals surface area contributed by atoms with Crippen LogP contribution in [0.4, 0.5) is 5.82 Å². The quantitative estimate of drug-likeness (QED) is 0.483. The number of rotatable bonds is 1. The molecule has 0 aliphatic heterocycles. The van der Waals surface area contributed by atoms with Gasteiger partial charge in [0.15, 0.2) is 5.82 Å². The van der Waals surface area contributed by atoms with Crippen LogP contribution in [0.1, 0.15) is 0 Å². The second-order valence-corrected chi connectivity index (χ2v) is 2.63. The molecule has 0 fully saturated rings. The number of aryl methyl sites for hydroxylation is 1. The van der Waals surface area contributed by atoms with E-state index >= 15 is 0 Å². The molecule has 1 aromatic carbocycles. The molecule has 1 heterocycles. The Balaban J connectivity index is 2.82. The number of fused-ring (bicyclic) bond motifs is 1. The molecule has 4 nitrogen and oxygen atoms in total. The average Bonchev–Trinajstić information content (AvgIpc) is 2.44. The Hall–Kier alpha value is -1.55. The second kappa shape index (κ2) is 2.49. The molecular weight excluding hydrogens is 152 g/mol. The molecule has 4 heteroatoms. The van der Waals surface area contributed by atoms with Crippen molar-refractivity contribution in [1.82, 2.24) is 9.78 Å². The van der Waals surface area contributed by atoms with Crippen LogP contribution in [0.15, 0.2) is 24.3 Å². The summed E-state index contributed by atoms with van der Waals surface area (Å²) >= 11 is 0. The fraction of sp³-hybridized carbons (Fsp3) is 0.125. The minimum Gasteiger partial charge on any atom is -0.306 e. The van der Waals surface area contributed by atoms with E-state index in [0.29, 0.717) is 5.82 Å². The minimum absolute atomic E-state index is 0.716. The summed E-state index contributed by atoms with van der Waals surface area (Å²) in [6, 6.07) is 7.93. The van der Waals surface area contributed by atoms with Gasteiger partial charge >= 0.3 is 0 Å². The van der Waals surface area contributed by atoms with E-state index in [1.807, 2.05) is 31.3 Å². The van der Waals surface area contributed by atoms with E-state index in [2.05, 4.69) is 10.5 Å². The van der Waals surface area contributed by atoms with Crippen molar-refractivity contribution < 1.29 is 0 Å². The van der Waals surface area contributed by atoms with Crippen molar-refractivity contribution in [3.63, 3.8) is 0 Å². The Bertz CT molecular complexity index is 404. The SMILES string of the molecule is Cn1nc(NN)c2ccccc21. The number of nitrogens with one attached hydrogen (secondary N) is 1. The van der Waals surface area contributed by atoms with E-state index in [9.17, 15) is 0 Å². The van der Waals surface area contributed by atoms with E-state index in [1.165, 1.54) is 0 Å². The van der Waals surface area contributed by atoms with Crippen molar-refractivity contribution >= 4 is 16.7 Å². The third-order valence-electron chi connectivity index (χ3n) is 1.89. The summed E-state index contributed by atoms with van der Waals surface area (Å²) in [5.74, 6) is 6.02. The van der Waals surface area contributed by atoms with Gasteiger partial charge in [0, 0.05) is 12.4 Å².